The van der Waals surface area contributed by atoms with Gasteiger partial charge >= 0.3 is 0 Å². The molecule has 2 aliphatic heterocycles. The van der Waals surface area contributed by atoms with Gasteiger partial charge in [0.25, 0.3) is 0 Å². The van der Waals surface area contributed by atoms with Crippen molar-refractivity contribution in [2.24, 2.45) is 10.9 Å². The maximum atomic E-state index is 4.94. The predicted molar refractivity (Wildman–Crippen MR) is 104 cm³/mol. The summed E-state index contributed by atoms with van der Waals surface area (Å²) in [4.78, 5) is 10.1. The number of aliphatic imine (C=N–C) groups is 1. The van der Waals surface area contributed by atoms with E-state index in [1.165, 1.54) is 32.4 Å². The van der Waals surface area contributed by atoms with Crippen molar-refractivity contribution in [3.63, 3.8) is 0 Å². The average Bonchev–Trinajstić information content (AvgIpc) is 2.94. The molecule has 5 heteroatoms. The van der Waals surface area contributed by atoms with Crippen LogP contribution in [0.2, 0.25) is 0 Å². The second-order valence-electron chi connectivity index (χ2n) is 7.77. The van der Waals surface area contributed by atoms with Gasteiger partial charge in [-0.3, -0.25) is 14.8 Å². The molecule has 2 aliphatic rings. The van der Waals surface area contributed by atoms with E-state index in [0.29, 0.717) is 24.0 Å². The largest absolute Gasteiger partial charge is 0.357 e. The number of hydrogen-bond acceptors (Lipinski definition) is 3. The number of hydrogen-bond donors (Lipinski definition) is 2. The highest BCUT2D eigenvalue weighted by molar-refractivity contribution is 5.80. The van der Waals surface area contributed by atoms with Crippen LogP contribution in [0.1, 0.15) is 53.9 Å². The van der Waals surface area contributed by atoms with Gasteiger partial charge in [-0.05, 0) is 52.6 Å². The van der Waals surface area contributed by atoms with Crippen molar-refractivity contribution < 1.29 is 0 Å². The second-order valence-corrected chi connectivity index (χ2v) is 7.77. The van der Waals surface area contributed by atoms with Gasteiger partial charge in [0.2, 0.25) is 0 Å². The Morgan fingerprint density at radius 1 is 1.21 bits per heavy atom. The summed E-state index contributed by atoms with van der Waals surface area (Å²) in [6.07, 6.45) is 3.98. The van der Waals surface area contributed by atoms with Gasteiger partial charge in [-0.15, -0.1) is 0 Å². The monoisotopic (exact) mass is 337 g/mol. The molecule has 2 fully saturated rings. The van der Waals surface area contributed by atoms with E-state index in [1.807, 2.05) is 0 Å². The molecular formula is C19H39N5. The Morgan fingerprint density at radius 2 is 2.00 bits per heavy atom. The number of likely N-dealkylation sites (tertiary alicyclic amines) is 2. The molecule has 2 saturated heterocycles. The highest BCUT2D eigenvalue weighted by atomic mass is 15.3. The van der Waals surface area contributed by atoms with Crippen molar-refractivity contribution in [2.75, 3.05) is 39.3 Å². The topological polar surface area (TPSA) is 42.9 Å². The highest BCUT2D eigenvalue weighted by Gasteiger charge is 2.31. The molecule has 3 atom stereocenters. The lowest BCUT2D eigenvalue weighted by Gasteiger charge is -2.34. The van der Waals surface area contributed by atoms with Crippen molar-refractivity contribution in [3.8, 4) is 0 Å². The molecule has 0 bridgehead atoms. The highest BCUT2D eigenvalue weighted by Crippen LogP contribution is 2.19. The summed E-state index contributed by atoms with van der Waals surface area (Å²) < 4.78 is 0. The molecule has 2 rings (SSSR count). The van der Waals surface area contributed by atoms with Crippen LogP contribution in [0.25, 0.3) is 0 Å². The Balaban J connectivity index is 1.93. The van der Waals surface area contributed by atoms with Crippen LogP contribution in [0.5, 0.6) is 0 Å². The molecule has 0 aliphatic carbocycles. The minimum absolute atomic E-state index is 0.499. The average molecular weight is 338 g/mol. The van der Waals surface area contributed by atoms with E-state index in [9.17, 15) is 0 Å². The molecule has 5 nitrogen and oxygen atoms in total. The van der Waals surface area contributed by atoms with Gasteiger partial charge in [-0.1, -0.05) is 20.3 Å². The minimum atomic E-state index is 0.499. The van der Waals surface area contributed by atoms with Gasteiger partial charge in [0.1, 0.15) is 0 Å². The van der Waals surface area contributed by atoms with Crippen LogP contribution in [0.4, 0.5) is 0 Å². The van der Waals surface area contributed by atoms with Crippen LogP contribution in [0, 0.1) is 5.92 Å². The van der Waals surface area contributed by atoms with Crippen LogP contribution in [0.15, 0.2) is 4.99 Å². The standard InChI is InChI=1S/C19H39N5/c1-6-20-19(21-12-17-10-8-9-11-23(17)7-2)22-18-14-24(15(3)4)13-16(18)5/h15-18H,6-14H2,1-5H3,(H2,20,21,22). The SMILES string of the molecule is CCNC(=NCC1CCCCN1CC)NC1CN(C(C)C)CC1C. The molecule has 0 aromatic rings. The maximum absolute atomic E-state index is 4.94. The van der Waals surface area contributed by atoms with E-state index >= 15 is 0 Å². The zero-order chi connectivity index (χ0) is 17.5. The van der Waals surface area contributed by atoms with Gasteiger partial charge in [-0.2, -0.15) is 0 Å². The second kappa shape index (κ2) is 9.62. The van der Waals surface area contributed by atoms with Crippen LogP contribution in [-0.2, 0) is 0 Å². The molecule has 0 spiro atoms. The first-order valence-corrected chi connectivity index (χ1v) is 10.1. The molecule has 24 heavy (non-hydrogen) atoms. The predicted octanol–water partition coefficient (Wildman–Crippen LogP) is 2.14. The summed E-state index contributed by atoms with van der Waals surface area (Å²) in [6, 6.07) is 1.74. The van der Waals surface area contributed by atoms with E-state index in [-0.39, 0.29) is 0 Å². The zero-order valence-corrected chi connectivity index (χ0v) is 16.5. The summed E-state index contributed by atoms with van der Waals surface area (Å²) in [5.41, 5.74) is 0. The van der Waals surface area contributed by atoms with Crippen molar-refractivity contribution in [1.82, 2.24) is 20.4 Å². The third-order valence-corrected chi connectivity index (χ3v) is 5.65. The molecule has 0 radical (unpaired) electrons. The number of nitrogens with zero attached hydrogens (tertiary/aromatic N) is 3. The lowest BCUT2D eigenvalue weighted by Crippen LogP contribution is -2.48. The quantitative estimate of drug-likeness (QED) is 0.576. The third-order valence-electron chi connectivity index (χ3n) is 5.65. The van der Waals surface area contributed by atoms with Crippen molar-refractivity contribution in [2.45, 2.75) is 72.0 Å². The molecule has 3 unspecified atom stereocenters. The summed E-state index contributed by atoms with van der Waals surface area (Å²) in [5.74, 6) is 1.67. The number of piperidine rings is 1. The number of likely N-dealkylation sites (N-methyl/N-ethyl adjacent to an activating group) is 1. The lowest BCUT2D eigenvalue weighted by molar-refractivity contribution is 0.161. The van der Waals surface area contributed by atoms with Crippen LogP contribution in [-0.4, -0.2) is 73.2 Å². The van der Waals surface area contributed by atoms with E-state index in [1.54, 1.807) is 0 Å². The minimum Gasteiger partial charge on any atom is -0.357 e. The van der Waals surface area contributed by atoms with Gasteiger partial charge < -0.3 is 10.6 Å². The van der Waals surface area contributed by atoms with Crippen molar-refractivity contribution in [1.29, 1.82) is 0 Å². The van der Waals surface area contributed by atoms with Crippen LogP contribution < -0.4 is 10.6 Å². The van der Waals surface area contributed by atoms with Crippen molar-refractivity contribution in [3.05, 3.63) is 0 Å². The lowest BCUT2D eigenvalue weighted by atomic mass is 10.0. The molecule has 140 valence electrons. The smallest absolute Gasteiger partial charge is 0.191 e. The first kappa shape index (κ1) is 19.5. The third kappa shape index (κ3) is 5.35. The van der Waals surface area contributed by atoms with Gasteiger partial charge in [0, 0.05) is 37.8 Å². The zero-order valence-electron chi connectivity index (χ0n) is 16.5. The fourth-order valence-corrected chi connectivity index (χ4v) is 3.99. The molecule has 0 saturated carbocycles. The molecule has 0 aromatic heterocycles. The van der Waals surface area contributed by atoms with Gasteiger partial charge in [0.15, 0.2) is 5.96 Å². The van der Waals surface area contributed by atoms with Crippen LogP contribution >= 0.6 is 0 Å². The normalized spacial score (nSPS) is 30.1. The molecule has 0 amide bonds. The maximum Gasteiger partial charge on any atom is 0.191 e. The van der Waals surface area contributed by atoms with E-state index in [0.717, 1.165) is 32.1 Å². The van der Waals surface area contributed by atoms with E-state index in [4.69, 9.17) is 4.99 Å². The van der Waals surface area contributed by atoms with Crippen LogP contribution in [0.3, 0.4) is 0 Å². The summed E-state index contributed by atoms with van der Waals surface area (Å²) in [7, 11) is 0. The number of guanidine groups is 1. The Kier molecular flexibility index (Phi) is 7.82. The number of nitrogens with one attached hydrogen (secondary N) is 2. The van der Waals surface area contributed by atoms with E-state index in [2.05, 4.69) is 55.1 Å². The Labute approximate surface area is 149 Å². The summed E-state index contributed by atoms with van der Waals surface area (Å²) in [5, 5.41) is 7.15. The molecule has 2 heterocycles. The number of rotatable bonds is 6. The Morgan fingerprint density at radius 3 is 2.62 bits per heavy atom. The Hall–Kier alpha value is -0.810. The first-order chi connectivity index (χ1) is 11.5. The summed E-state index contributed by atoms with van der Waals surface area (Å²) in [6.45, 7) is 17.9. The first-order valence-electron chi connectivity index (χ1n) is 10.1. The molecule has 2 N–H and O–H groups in total. The van der Waals surface area contributed by atoms with Crippen molar-refractivity contribution >= 4 is 5.96 Å². The van der Waals surface area contributed by atoms with E-state index < -0.39 is 0 Å². The summed E-state index contributed by atoms with van der Waals surface area (Å²) >= 11 is 0. The van der Waals surface area contributed by atoms with Gasteiger partial charge in [-0.25, -0.2) is 0 Å². The molecular weight excluding hydrogens is 298 g/mol. The fraction of sp³-hybridized carbons (Fsp3) is 0.947. The Bertz CT molecular complexity index is 395. The van der Waals surface area contributed by atoms with Gasteiger partial charge in [0.05, 0.1) is 6.54 Å². The molecule has 0 aromatic carbocycles. The fourth-order valence-electron chi connectivity index (χ4n) is 3.99.